The zero-order valence-electron chi connectivity index (χ0n) is 10.5. The second kappa shape index (κ2) is 4.92. The van der Waals surface area contributed by atoms with Crippen molar-refractivity contribution in [1.82, 2.24) is 0 Å². The van der Waals surface area contributed by atoms with E-state index in [1.165, 1.54) is 0 Å². The number of carbonyl (C=O) groups is 1. The summed E-state index contributed by atoms with van der Waals surface area (Å²) in [4.78, 5) is 12.1. The van der Waals surface area contributed by atoms with Crippen molar-refractivity contribution in [1.29, 1.82) is 0 Å². The molecule has 0 aromatic heterocycles. The molecule has 92 valence electrons. The minimum Gasteiger partial charge on any atom is -0.399 e. The Labute approximate surface area is 107 Å². The maximum Gasteiger partial charge on any atom is 0.255 e. The number of nitrogens with one attached hydrogen (secondary N) is 1. The first-order valence-electron chi connectivity index (χ1n) is 5.81. The van der Waals surface area contributed by atoms with Crippen molar-refractivity contribution in [2.75, 3.05) is 11.1 Å². The summed E-state index contributed by atoms with van der Waals surface area (Å²) in [7, 11) is 0. The van der Waals surface area contributed by atoms with Crippen LogP contribution >= 0.6 is 0 Å². The van der Waals surface area contributed by atoms with Gasteiger partial charge in [-0.1, -0.05) is 18.2 Å². The van der Waals surface area contributed by atoms with Crippen molar-refractivity contribution in [3.63, 3.8) is 0 Å². The highest BCUT2D eigenvalue weighted by Gasteiger charge is 2.08. The van der Waals surface area contributed by atoms with Crippen molar-refractivity contribution in [2.24, 2.45) is 0 Å². The summed E-state index contributed by atoms with van der Waals surface area (Å²) in [6.45, 7) is 3.84. The van der Waals surface area contributed by atoms with Crippen LogP contribution in [0.25, 0.3) is 0 Å². The minimum absolute atomic E-state index is 0.0997. The van der Waals surface area contributed by atoms with Crippen LogP contribution in [0.15, 0.2) is 42.5 Å². The van der Waals surface area contributed by atoms with E-state index in [2.05, 4.69) is 5.32 Å². The van der Waals surface area contributed by atoms with Gasteiger partial charge in [0.15, 0.2) is 0 Å². The third-order valence-corrected chi connectivity index (χ3v) is 2.92. The minimum atomic E-state index is -0.0997. The van der Waals surface area contributed by atoms with Gasteiger partial charge in [-0.05, 0) is 49.2 Å². The number of nitrogens with two attached hydrogens (primary N) is 1. The molecule has 0 atom stereocenters. The van der Waals surface area contributed by atoms with Gasteiger partial charge in [0, 0.05) is 16.9 Å². The Morgan fingerprint density at radius 1 is 1.06 bits per heavy atom. The summed E-state index contributed by atoms with van der Waals surface area (Å²) in [5.74, 6) is -0.0997. The largest absolute Gasteiger partial charge is 0.399 e. The van der Waals surface area contributed by atoms with Gasteiger partial charge in [-0.15, -0.1) is 0 Å². The van der Waals surface area contributed by atoms with Crippen molar-refractivity contribution in [2.45, 2.75) is 13.8 Å². The highest BCUT2D eigenvalue weighted by atomic mass is 16.1. The quantitative estimate of drug-likeness (QED) is 0.792. The van der Waals surface area contributed by atoms with E-state index < -0.39 is 0 Å². The maximum absolute atomic E-state index is 12.1. The highest BCUT2D eigenvalue weighted by molar-refractivity contribution is 6.05. The average Bonchev–Trinajstić information content (AvgIpc) is 2.34. The van der Waals surface area contributed by atoms with Crippen molar-refractivity contribution in [3.8, 4) is 0 Å². The second-order valence-corrected chi connectivity index (χ2v) is 4.34. The zero-order valence-corrected chi connectivity index (χ0v) is 10.5. The molecule has 0 fully saturated rings. The van der Waals surface area contributed by atoms with E-state index in [0.29, 0.717) is 5.56 Å². The van der Waals surface area contributed by atoms with Crippen LogP contribution in [-0.4, -0.2) is 5.91 Å². The Balaban J connectivity index is 2.22. The molecule has 0 saturated carbocycles. The number of benzene rings is 2. The van der Waals surface area contributed by atoms with Crippen molar-refractivity contribution >= 4 is 17.3 Å². The predicted octanol–water partition coefficient (Wildman–Crippen LogP) is 3.14. The monoisotopic (exact) mass is 240 g/mol. The summed E-state index contributed by atoms with van der Waals surface area (Å²) >= 11 is 0. The fourth-order valence-corrected chi connectivity index (χ4v) is 1.78. The molecule has 0 unspecified atom stereocenters. The highest BCUT2D eigenvalue weighted by Crippen LogP contribution is 2.18. The van der Waals surface area contributed by atoms with Crippen LogP contribution in [0, 0.1) is 13.8 Å². The smallest absolute Gasteiger partial charge is 0.255 e. The SMILES string of the molecule is Cc1cc(NC(=O)c2ccccc2C)ccc1N. The van der Waals surface area contributed by atoms with Gasteiger partial charge < -0.3 is 11.1 Å². The number of hydrogen-bond acceptors (Lipinski definition) is 2. The molecule has 0 radical (unpaired) electrons. The van der Waals surface area contributed by atoms with E-state index in [-0.39, 0.29) is 5.91 Å². The number of amides is 1. The molecule has 1 amide bonds. The van der Waals surface area contributed by atoms with Crippen molar-refractivity contribution in [3.05, 3.63) is 59.2 Å². The molecule has 0 saturated heterocycles. The molecule has 18 heavy (non-hydrogen) atoms. The molecule has 0 aliphatic carbocycles. The first-order chi connectivity index (χ1) is 8.58. The summed E-state index contributed by atoms with van der Waals surface area (Å²) in [6, 6.07) is 13.0. The summed E-state index contributed by atoms with van der Waals surface area (Å²) in [6.07, 6.45) is 0. The topological polar surface area (TPSA) is 55.1 Å². The first kappa shape index (κ1) is 12.2. The molecule has 0 aliphatic heterocycles. The molecule has 2 rings (SSSR count). The zero-order chi connectivity index (χ0) is 13.1. The predicted molar refractivity (Wildman–Crippen MR) is 74.7 cm³/mol. The average molecular weight is 240 g/mol. The van der Waals surface area contributed by atoms with Gasteiger partial charge >= 0.3 is 0 Å². The third kappa shape index (κ3) is 2.51. The Morgan fingerprint density at radius 2 is 1.78 bits per heavy atom. The van der Waals surface area contributed by atoms with Gasteiger partial charge in [-0.2, -0.15) is 0 Å². The molecule has 0 spiro atoms. The molecule has 2 aromatic carbocycles. The Kier molecular flexibility index (Phi) is 3.33. The lowest BCUT2D eigenvalue weighted by Crippen LogP contribution is -2.13. The fraction of sp³-hybridized carbons (Fsp3) is 0.133. The molecule has 3 nitrogen and oxygen atoms in total. The van der Waals surface area contributed by atoms with E-state index in [4.69, 9.17) is 5.73 Å². The molecular weight excluding hydrogens is 224 g/mol. The maximum atomic E-state index is 12.1. The molecule has 3 heteroatoms. The van der Waals surface area contributed by atoms with Crippen LogP contribution in [0.3, 0.4) is 0 Å². The van der Waals surface area contributed by atoms with E-state index >= 15 is 0 Å². The summed E-state index contributed by atoms with van der Waals surface area (Å²) in [5, 5.41) is 2.87. The molecule has 0 heterocycles. The van der Waals surface area contributed by atoms with Crippen LogP contribution in [-0.2, 0) is 0 Å². The van der Waals surface area contributed by atoms with Crippen molar-refractivity contribution < 1.29 is 4.79 Å². The normalized spacial score (nSPS) is 10.1. The molecule has 0 aliphatic rings. The van der Waals surface area contributed by atoms with Gasteiger partial charge in [0.1, 0.15) is 0 Å². The number of rotatable bonds is 2. The summed E-state index contributed by atoms with van der Waals surface area (Å²) < 4.78 is 0. The lowest BCUT2D eigenvalue weighted by Gasteiger charge is -2.09. The van der Waals surface area contributed by atoms with Crippen LogP contribution in [0.5, 0.6) is 0 Å². The molecular formula is C15H16N2O. The number of aryl methyl sites for hydroxylation is 2. The van der Waals surface area contributed by atoms with Crippen LogP contribution in [0.1, 0.15) is 21.5 Å². The van der Waals surface area contributed by atoms with Crippen LogP contribution in [0.2, 0.25) is 0 Å². The van der Waals surface area contributed by atoms with Gasteiger partial charge in [0.05, 0.1) is 0 Å². The van der Waals surface area contributed by atoms with Crippen LogP contribution < -0.4 is 11.1 Å². The molecule has 3 N–H and O–H groups in total. The Bertz CT molecular complexity index is 591. The van der Waals surface area contributed by atoms with E-state index in [9.17, 15) is 4.79 Å². The Hall–Kier alpha value is -2.29. The number of anilines is 2. The second-order valence-electron chi connectivity index (χ2n) is 4.34. The number of carbonyl (C=O) groups excluding carboxylic acids is 1. The van der Waals surface area contributed by atoms with E-state index in [1.54, 1.807) is 12.1 Å². The van der Waals surface area contributed by atoms with E-state index in [1.807, 2.05) is 44.2 Å². The molecule has 2 aromatic rings. The number of nitrogen functional groups attached to an aromatic ring is 1. The fourth-order valence-electron chi connectivity index (χ4n) is 1.78. The lowest BCUT2D eigenvalue weighted by atomic mass is 10.1. The summed E-state index contributed by atoms with van der Waals surface area (Å²) in [5.41, 5.74) is 9.83. The first-order valence-corrected chi connectivity index (χ1v) is 5.81. The Morgan fingerprint density at radius 3 is 2.44 bits per heavy atom. The van der Waals surface area contributed by atoms with Gasteiger partial charge in [0.2, 0.25) is 0 Å². The number of hydrogen-bond donors (Lipinski definition) is 2. The lowest BCUT2D eigenvalue weighted by molar-refractivity contribution is 0.102. The standard InChI is InChI=1S/C15H16N2O/c1-10-5-3-4-6-13(10)15(18)17-12-7-8-14(16)11(2)9-12/h3-9H,16H2,1-2H3,(H,17,18). The van der Waals surface area contributed by atoms with E-state index in [0.717, 1.165) is 22.5 Å². The third-order valence-electron chi connectivity index (χ3n) is 2.92. The van der Waals surface area contributed by atoms with Gasteiger partial charge in [0.25, 0.3) is 5.91 Å². The van der Waals surface area contributed by atoms with Gasteiger partial charge in [-0.25, -0.2) is 0 Å². The van der Waals surface area contributed by atoms with Crippen LogP contribution in [0.4, 0.5) is 11.4 Å². The molecule has 0 bridgehead atoms. The van der Waals surface area contributed by atoms with Gasteiger partial charge in [-0.3, -0.25) is 4.79 Å².